The quantitative estimate of drug-likeness (QED) is 0.830. The number of hydrogen-bond acceptors (Lipinski definition) is 3. The van der Waals surface area contributed by atoms with Crippen LogP contribution in [0.4, 0.5) is 5.82 Å². The number of rotatable bonds is 3. The summed E-state index contributed by atoms with van der Waals surface area (Å²) in [6.45, 7) is 7.87. The lowest BCUT2D eigenvalue weighted by Gasteiger charge is -2.16. The molecule has 1 aliphatic heterocycles. The number of anilines is 1. The zero-order valence-electron chi connectivity index (χ0n) is 10.6. The Bertz CT molecular complexity index is 399. The van der Waals surface area contributed by atoms with Gasteiger partial charge in [0, 0.05) is 18.7 Å². The molecule has 2 N–H and O–H groups in total. The third-order valence-electron chi connectivity index (χ3n) is 3.26. The largest absolute Gasteiger partial charge is 0.316 e. The van der Waals surface area contributed by atoms with Crippen molar-refractivity contribution < 1.29 is 4.79 Å². The minimum atomic E-state index is 0.0607. The number of hydrogen-bond donors (Lipinski definition) is 2. The van der Waals surface area contributed by atoms with Crippen molar-refractivity contribution in [2.45, 2.75) is 26.8 Å². The van der Waals surface area contributed by atoms with Gasteiger partial charge in [-0.3, -0.25) is 4.79 Å². The molecule has 1 aliphatic rings. The van der Waals surface area contributed by atoms with Crippen molar-refractivity contribution in [2.24, 2.45) is 11.8 Å². The summed E-state index contributed by atoms with van der Waals surface area (Å²) in [5.41, 5.74) is 0. The van der Waals surface area contributed by atoms with Gasteiger partial charge in [0.15, 0.2) is 0 Å². The van der Waals surface area contributed by atoms with Crippen LogP contribution in [0, 0.1) is 11.8 Å². The topological polar surface area (TPSA) is 59.0 Å². The molecule has 2 unspecified atom stereocenters. The van der Waals surface area contributed by atoms with E-state index in [0.717, 1.165) is 18.9 Å². The van der Waals surface area contributed by atoms with Crippen LogP contribution in [0.3, 0.4) is 0 Å². The van der Waals surface area contributed by atoms with E-state index in [-0.39, 0.29) is 17.9 Å². The fourth-order valence-corrected chi connectivity index (χ4v) is 2.20. The molecule has 17 heavy (non-hydrogen) atoms. The molecule has 1 amide bonds. The minimum Gasteiger partial charge on any atom is -0.316 e. The number of carbonyl (C=O) groups excluding carboxylic acids is 1. The van der Waals surface area contributed by atoms with E-state index < -0.39 is 0 Å². The Kier molecular flexibility index (Phi) is 3.47. The van der Waals surface area contributed by atoms with Crippen molar-refractivity contribution in [3.63, 3.8) is 0 Å². The van der Waals surface area contributed by atoms with Crippen LogP contribution in [0.5, 0.6) is 0 Å². The summed E-state index contributed by atoms with van der Waals surface area (Å²) in [5, 5.41) is 10.4. The highest BCUT2D eigenvalue weighted by atomic mass is 16.2. The Balaban J connectivity index is 2.05. The summed E-state index contributed by atoms with van der Waals surface area (Å²) in [5.74, 6) is 1.32. The van der Waals surface area contributed by atoms with Crippen LogP contribution in [0.1, 0.15) is 26.8 Å². The number of carbonyl (C=O) groups is 1. The summed E-state index contributed by atoms with van der Waals surface area (Å²) in [6, 6.07) is 2.09. The van der Waals surface area contributed by atoms with Crippen molar-refractivity contribution in [2.75, 3.05) is 18.4 Å². The molecule has 0 bridgehead atoms. The summed E-state index contributed by atoms with van der Waals surface area (Å²) in [6.07, 6.45) is 1.71. The average molecular weight is 236 g/mol. The van der Waals surface area contributed by atoms with Gasteiger partial charge in [-0.05, 0) is 26.3 Å². The lowest BCUT2D eigenvalue weighted by atomic mass is 9.97. The highest BCUT2D eigenvalue weighted by Gasteiger charge is 2.30. The minimum absolute atomic E-state index is 0.0607. The van der Waals surface area contributed by atoms with E-state index in [1.54, 1.807) is 6.20 Å². The first-order valence-electron chi connectivity index (χ1n) is 6.14. The van der Waals surface area contributed by atoms with Gasteiger partial charge in [-0.25, -0.2) is 4.68 Å². The van der Waals surface area contributed by atoms with Gasteiger partial charge in [-0.2, -0.15) is 5.10 Å². The molecular weight excluding hydrogens is 216 g/mol. The first-order chi connectivity index (χ1) is 8.09. The van der Waals surface area contributed by atoms with Gasteiger partial charge < -0.3 is 10.6 Å². The van der Waals surface area contributed by atoms with E-state index in [2.05, 4.69) is 22.7 Å². The second kappa shape index (κ2) is 4.87. The zero-order chi connectivity index (χ0) is 12.4. The number of nitrogens with zero attached hydrogens (tertiary/aromatic N) is 2. The van der Waals surface area contributed by atoms with Gasteiger partial charge in [0.05, 0.1) is 12.1 Å². The van der Waals surface area contributed by atoms with Gasteiger partial charge in [-0.15, -0.1) is 0 Å². The maximum absolute atomic E-state index is 12.1. The first kappa shape index (κ1) is 12.1. The molecule has 0 spiro atoms. The standard InChI is InChI=1S/C12H20N4O/c1-8(2)16-11(4-5-14-16)15-12(17)10-7-13-6-9(10)3/h4-5,8-10,13H,6-7H2,1-3H3,(H,15,17). The van der Waals surface area contributed by atoms with Gasteiger partial charge >= 0.3 is 0 Å². The fourth-order valence-electron chi connectivity index (χ4n) is 2.20. The van der Waals surface area contributed by atoms with E-state index in [9.17, 15) is 4.79 Å². The van der Waals surface area contributed by atoms with Crippen molar-refractivity contribution in [1.82, 2.24) is 15.1 Å². The molecule has 0 aromatic carbocycles. The van der Waals surface area contributed by atoms with Crippen molar-refractivity contribution in [1.29, 1.82) is 0 Å². The predicted octanol–water partition coefficient (Wildman–Crippen LogP) is 1.26. The molecule has 0 aliphatic carbocycles. The molecule has 2 rings (SSSR count). The lowest BCUT2D eigenvalue weighted by molar-refractivity contribution is -0.120. The normalized spacial score (nSPS) is 24.2. The highest BCUT2D eigenvalue weighted by molar-refractivity contribution is 5.92. The Morgan fingerprint density at radius 2 is 2.35 bits per heavy atom. The second-order valence-corrected chi connectivity index (χ2v) is 4.99. The van der Waals surface area contributed by atoms with Crippen LogP contribution < -0.4 is 10.6 Å². The highest BCUT2D eigenvalue weighted by Crippen LogP contribution is 2.19. The van der Waals surface area contributed by atoms with E-state index in [1.807, 2.05) is 24.6 Å². The Morgan fingerprint density at radius 1 is 1.59 bits per heavy atom. The maximum atomic E-state index is 12.1. The summed E-state index contributed by atoms with van der Waals surface area (Å²) in [7, 11) is 0. The molecule has 1 aromatic rings. The third-order valence-corrected chi connectivity index (χ3v) is 3.26. The maximum Gasteiger partial charge on any atom is 0.230 e. The Morgan fingerprint density at radius 3 is 2.94 bits per heavy atom. The molecule has 1 fully saturated rings. The number of nitrogens with one attached hydrogen (secondary N) is 2. The molecule has 5 nitrogen and oxygen atoms in total. The zero-order valence-corrected chi connectivity index (χ0v) is 10.6. The summed E-state index contributed by atoms with van der Waals surface area (Å²) in [4.78, 5) is 12.1. The van der Waals surface area contributed by atoms with Crippen molar-refractivity contribution in [3.8, 4) is 0 Å². The molecular formula is C12H20N4O. The SMILES string of the molecule is CC1CNCC1C(=O)Nc1ccnn1C(C)C. The monoisotopic (exact) mass is 236 g/mol. The first-order valence-corrected chi connectivity index (χ1v) is 6.14. The number of amides is 1. The molecule has 94 valence electrons. The smallest absolute Gasteiger partial charge is 0.230 e. The van der Waals surface area contributed by atoms with Gasteiger partial charge in [0.2, 0.25) is 5.91 Å². The molecule has 0 radical (unpaired) electrons. The van der Waals surface area contributed by atoms with E-state index in [4.69, 9.17) is 0 Å². The average Bonchev–Trinajstić information content (AvgIpc) is 2.86. The Hall–Kier alpha value is -1.36. The van der Waals surface area contributed by atoms with Crippen LogP contribution in [0.15, 0.2) is 12.3 Å². The van der Waals surface area contributed by atoms with Gasteiger partial charge in [-0.1, -0.05) is 6.92 Å². The van der Waals surface area contributed by atoms with Gasteiger partial charge in [0.25, 0.3) is 0 Å². The molecule has 5 heteroatoms. The lowest BCUT2D eigenvalue weighted by Crippen LogP contribution is -2.29. The van der Waals surface area contributed by atoms with E-state index >= 15 is 0 Å². The second-order valence-electron chi connectivity index (χ2n) is 4.99. The van der Waals surface area contributed by atoms with Crippen LogP contribution in [-0.4, -0.2) is 28.8 Å². The van der Waals surface area contributed by atoms with Crippen LogP contribution in [0.25, 0.3) is 0 Å². The van der Waals surface area contributed by atoms with Crippen LogP contribution in [0.2, 0.25) is 0 Å². The molecule has 1 saturated heterocycles. The summed E-state index contributed by atoms with van der Waals surface area (Å²) >= 11 is 0. The van der Waals surface area contributed by atoms with Crippen LogP contribution in [-0.2, 0) is 4.79 Å². The van der Waals surface area contributed by atoms with Crippen molar-refractivity contribution >= 4 is 11.7 Å². The van der Waals surface area contributed by atoms with Gasteiger partial charge in [0.1, 0.15) is 5.82 Å². The molecule has 0 saturated carbocycles. The molecule has 2 heterocycles. The van der Waals surface area contributed by atoms with E-state index in [1.165, 1.54) is 0 Å². The predicted molar refractivity (Wildman–Crippen MR) is 66.8 cm³/mol. The fraction of sp³-hybridized carbons (Fsp3) is 0.667. The van der Waals surface area contributed by atoms with Crippen molar-refractivity contribution in [3.05, 3.63) is 12.3 Å². The molecule has 2 atom stereocenters. The summed E-state index contributed by atoms with van der Waals surface area (Å²) < 4.78 is 1.82. The third kappa shape index (κ3) is 2.49. The molecule has 1 aromatic heterocycles. The Labute approximate surface area is 102 Å². The number of aromatic nitrogens is 2. The van der Waals surface area contributed by atoms with Crippen LogP contribution >= 0.6 is 0 Å². The van der Waals surface area contributed by atoms with E-state index in [0.29, 0.717) is 5.92 Å².